The summed E-state index contributed by atoms with van der Waals surface area (Å²) in [4.78, 5) is 2.60. The quantitative estimate of drug-likeness (QED) is 0.874. The van der Waals surface area contributed by atoms with Gasteiger partial charge in [-0.3, -0.25) is 4.90 Å². The molecule has 1 aromatic heterocycles. The molecule has 2 heterocycles. The second-order valence-electron chi connectivity index (χ2n) is 5.41. The van der Waals surface area contributed by atoms with Gasteiger partial charge in [0.1, 0.15) is 5.76 Å². The zero-order chi connectivity index (χ0) is 11.7. The van der Waals surface area contributed by atoms with Crippen LogP contribution in [0.25, 0.3) is 0 Å². The third-order valence-corrected chi connectivity index (χ3v) is 4.55. The highest BCUT2D eigenvalue weighted by Crippen LogP contribution is 2.40. The maximum atomic E-state index is 5.96. The van der Waals surface area contributed by atoms with Crippen LogP contribution in [0.2, 0.25) is 0 Å². The molecule has 3 heteroatoms. The highest BCUT2D eigenvalue weighted by atomic mass is 16.3. The van der Waals surface area contributed by atoms with Crippen LogP contribution in [0.4, 0.5) is 0 Å². The normalized spacial score (nSPS) is 31.4. The molecule has 0 bridgehead atoms. The van der Waals surface area contributed by atoms with Gasteiger partial charge in [-0.1, -0.05) is 12.8 Å². The topological polar surface area (TPSA) is 42.4 Å². The van der Waals surface area contributed by atoms with Crippen LogP contribution >= 0.6 is 0 Å². The van der Waals surface area contributed by atoms with Gasteiger partial charge in [0, 0.05) is 12.6 Å². The van der Waals surface area contributed by atoms with E-state index in [2.05, 4.69) is 11.0 Å². The summed E-state index contributed by atoms with van der Waals surface area (Å²) in [6.07, 6.45) is 8.67. The Morgan fingerprint density at radius 3 is 3.00 bits per heavy atom. The van der Waals surface area contributed by atoms with E-state index in [0.29, 0.717) is 6.54 Å². The molecule has 0 spiro atoms. The molecule has 3 rings (SSSR count). The Bertz CT molecular complexity index is 349. The van der Waals surface area contributed by atoms with Crippen molar-refractivity contribution in [3.63, 3.8) is 0 Å². The van der Waals surface area contributed by atoms with Crippen molar-refractivity contribution in [3.8, 4) is 0 Å². The molecule has 1 saturated carbocycles. The minimum Gasteiger partial charge on any atom is -0.468 e. The van der Waals surface area contributed by atoms with Gasteiger partial charge in [-0.2, -0.15) is 0 Å². The summed E-state index contributed by atoms with van der Waals surface area (Å²) < 4.78 is 5.56. The van der Waals surface area contributed by atoms with Crippen molar-refractivity contribution in [2.75, 3.05) is 13.1 Å². The summed E-state index contributed by atoms with van der Waals surface area (Å²) in [6, 6.07) is 5.07. The SMILES string of the molecule is NCC(c1ccco1)N1CCC2CCCCC21. The first-order chi connectivity index (χ1) is 8.40. The van der Waals surface area contributed by atoms with Crippen molar-refractivity contribution in [1.82, 2.24) is 4.90 Å². The van der Waals surface area contributed by atoms with Crippen LogP contribution in [0.15, 0.2) is 22.8 Å². The number of hydrogen-bond donors (Lipinski definition) is 1. The molecule has 3 unspecified atom stereocenters. The van der Waals surface area contributed by atoms with E-state index in [9.17, 15) is 0 Å². The Hall–Kier alpha value is -0.800. The fourth-order valence-electron chi connectivity index (χ4n) is 3.72. The van der Waals surface area contributed by atoms with Crippen molar-refractivity contribution in [1.29, 1.82) is 0 Å². The number of fused-ring (bicyclic) bond motifs is 1. The smallest absolute Gasteiger partial charge is 0.122 e. The summed E-state index contributed by atoms with van der Waals surface area (Å²) in [5.74, 6) is 1.95. The van der Waals surface area contributed by atoms with Crippen LogP contribution in [0, 0.1) is 5.92 Å². The number of nitrogens with two attached hydrogens (primary N) is 1. The fourth-order valence-corrected chi connectivity index (χ4v) is 3.72. The van der Waals surface area contributed by atoms with Gasteiger partial charge in [0.05, 0.1) is 12.3 Å². The largest absolute Gasteiger partial charge is 0.468 e. The van der Waals surface area contributed by atoms with E-state index in [4.69, 9.17) is 10.2 Å². The monoisotopic (exact) mass is 234 g/mol. The number of nitrogens with zero attached hydrogens (tertiary/aromatic N) is 1. The first-order valence-electron chi connectivity index (χ1n) is 6.89. The number of furan rings is 1. The summed E-state index contributed by atoms with van der Waals surface area (Å²) in [7, 11) is 0. The maximum absolute atomic E-state index is 5.96. The van der Waals surface area contributed by atoms with Crippen LogP contribution in [0.1, 0.15) is 43.9 Å². The predicted octanol–water partition coefficient (Wildman–Crippen LogP) is 2.54. The first-order valence-corrected chi connectivity index (χ1v) is 6.89. The van der Waals surface area contributed by atoms with Crippen molar-refractivity contribution in [3.05, 3.63) is 24.2 Å². The molecule has 1 saturated heterocycles. The second kappa shape index (κ2) is 4.83. The van der Waals surface area contributed by atoms with E-state index < -0.39 is 0 Å². The van der Waals surface area contributed by atoms with E-state index in [1.165, 1.54) is 38.6 Å². The lowest BCUT2D eigenvalue weighted by Gasteiger charge is -2.35. The highest BCUT2D eigenvalue weighted by molar-refractivity contribution is 5.08. The van der Waals surface area contributed by atoms with E-state index in [1.54, 1.807) is 6.26 Å². The summed E-state index contributed by atoms with van der Waals surface area (Å²) >= 11 is 0. The molecule has 3 atom stereocenters. The molecule has 3 nitrogen and oxygen atoms in total. The standard InChI is InChI=1S/C14H22N2O/c15-10-13(14-6-3-9-17-14)16-8-7-11-4-1-2-5-12(11)16/h3,6,9,11-13H,1-2,4-5,7-8,10,15H2. The van der Waals surface area contributed by atoms with Crippen LogP contribution < -0.4 is 5.73 Å². The zero-order valence-electron chi connectivity index (χ0n) is 10.3. The molecule has 1 aliphatic carbocycles. The van der Waals surface area contributed by atoms with Gasteiger partial charge in [-0.15, -0.1) is 0 Å². The van der Waals surface area contributed by atoms with Gasteiger partial charge in [0.2, 0.25) is 0 Å². The molecular formula is C14H22N2O. The van der Waals surface area contributed by atoms with Gasteiger partial charge >= 0.3 is 0 Å². The van der Waals surface area contributed by atoms with Crippen molar-refractivity contribution in [2.45, 2.75) is 44.2 Å². The fraction of sp³-hybridized carbons (Fsp3) is 0.714. The molecule has 2 N–H and O–H groups in total. The van der Waals surface area contributed by atoms with Crippen molar-refractivity contribution < 1.29 is 4.42 Å². The second-order valence-corrected chi connectivity index (χ2v) is 5.41. The summed E-state index contributed by atoms with van der Waals surface area (Å²) in [5, 5.41) is 0. The third kappa shape index (κ3) is 2.02. The number of hydrogen-bond acceptors (Lipinski definition) is 3. The van der Waals surface area contributed by atoms with Gasteiger partial charge in [-0.05, 0) is 43.9 Å². The van der Waals surface area contributed by atoms with E-state index in [-0.39, 0.29) is 6.04 Å². The van der Waals surface area contributed by atoms with Gasteiger partial charge in [-0.25, -0.2) is 0 Å². The van der Waals surface area contributed by atoms with E-state index in [1.807, 2.05) is 6.07 Å². The molecular weight excluding hydrogens is 212 g/mol. The van der Waals surface area contributed by atoms with E-state index >= 15 is 0 Å². The minimum atomic E-state index is 0.290. The van der Waals surface area contributed by atoms with Crippen LogP contribution in [0.3, 0.4) is 0 Å². The average Bonchev–Trinajstić information content (AvgIpc) is 3.01. The molecule has 94 valence electrons. The molecule has 0 amide bonds. The lowest BCUT2D eigenvalue weighted by molar-refractivity contribution is 0.122. The summed E-state index contributed by atoms with van der Waals surface area (Å²) in [6.45, 7) is 1.86. The predicted molar refractivity (Wildman–Crippen MR) is 67.6 cm³/mol. The first kappa shape index (κ1) is 11.3. The van der Waals surface area contributed by atoms with E-state index in [0.717, 1.165) is 17.7 Å². The van der Waals surface area contributed by atoms with Gasteiger partial charge < -0.3 is 10.2 Å². The maximum Gasteiger partial charge on any atom is 0.122 e. The molecule has 1 aliphatic heterocycles. The van der Waals surface area contributed by atoms with Crippen molar-refractivity contribution >= 4 is 0 Å². The summed E-state index contributed by atoms with van der Waals surface area (Å²) in [5.41, 5.74) is 5.96. The highest BCUT2D eigenvalue weighted by Gasteiger charge is 2.39. The minimum absolute atomic E-state index is 0.290. The lowest BCUT2D eigenvalue weighted by Crippen LogP contribution is -2.40. The average molecular weight is 234 g/mol. The Labute approximate surface area is 103 Å². The molecule has 0 radical (unpaired) electrons. The lowest BCUT2D eigenvalue weighted by atomic mass is 9.85. The van der Waals surface area contributed by atoms with Gasteiger partial charge in [0.25, 0.3) is 0 Å². The third-order valence-electron chi connectivity index (χ3n) is 4.55. The molecule has 0 aromatic carbocycles. The van der Waals surface area contributed by atoms with Crippen LogP contribution in [-0.4, -0.2) is 24.0 Å². The molecule has 1 aromatic rings. The Kier molecular flexibility index (Phi) is 3.21. The Morgan fingerprint density at radius 1 is 1.35 bits per heavy atom. The molecule has 2 fully saturated rings. The van der Waals surface area contributed by atoms with Crippen LogP contribution in [-0.2, 0) is 0 Å². The van der Waals surface area contributed by atoms with Crippen molar-refractivity contribution in [2.24, 2.45) is 11.7 Å². The Balaban J connectivity index is 1.78. The number of likely N-dealkylation sites (tertiary alicyclic amines) is 1. The van der Waals surface area contributed by atoms with Crippen LogP contribution in [0.5, 0.6) is 0 Å². The molecule has 2 aliphatic rings. The molecule has 17 heavy (non-hydrogen) atoms. The number of rotatable bonds is 3. The van der Waals surface area contributed by atoms with Gasteiger partial charge in [0.15, 0.2) is 0 Å². The Morgan fingerprint density at radius 2 is 2.24 bits per heavy atom. The zero-order valence-corrected chi connectivity index (χ0v) is 10.3.